The highest BCUT2D eigenvalue weighted by Crippen LogP contribution is 2.44. The summed E-state index contributed by atoms with van der Waals surface area (Å²) in [5.74, 6) is 0.750. The number of nitrogens with zero attached hydrogens (tertiary/aromatic N) is 1. The summed E-state index contributed by atoms with van der Waals surface area (Å²) in [7, 11) is 2.24. The number of morpholine rings is 1. The highest BCUT2D eigenvalue weighted by atomic mass is 16.5. The third-order valence-corrected chi connectivity index (χ3v) is 4.75. The molecule has 3 saturated heterocycles. The Morgan fingerprint density at radius 1 is 1.35 bits per heavy atom. The molecule has 2 unspecified atom stereocenters. The lowest BCUT2D eigenvalue weighted by Crippen LogP contribution is -2.63. The van der Waals surface area contributed by atoms with Gasteiger partial charge in [0.05, 0.1) is 25.9 Å². The van der Waals surface area contributed by atoms with Crippen molar-refractivity contribution in [3.63, 3.8) is 0 Å². The van der Waals surface area contributed by atoms with Gasteiger partial charge in [0, 0.05) is 25.0 Å². The van der Waals surface area contributed by atoms with E-state index in [4.69, 9.17) is 9.47 Å². The first-order valence-corrected chi connectivity index (χ1v) is 6.90. The fourth-order valence-corrected chi connectivity index (χ4v) is 3.59. The third-order valence-electron chi connectivity index (χ3n) is 4.75. The summed E-state index contributed by atoms with van der Waals surface area (Å²) in [5, 5.41) is 3.46. The highest BCUT2D eigenvalue weighted by Gasteiger charge is 2.52. The normalized spacial score (nSPS) is 38.6. The predicted molar refractivity (Wildman–Crippen MR) is 66.1 cm³/mol. The molecule has 4 nitrogen and oxygen atoms in total. The van der Waals surface area contributed by atoms with E-state index in [1.807, 2.05) is 0 Å². The molecule has 0 saturated carbocycles. The zero-order valence-corrected chi connectivity index (χ0v) is 10.8. The Kier molecular flexibility index (Phi) is 3.39. The number of piperidine rings is 1. The summed E-state index contributed by atoms with van der Waals surface area (Å²) in [6.07, 6.45) is 3.03. The van der Waals surface area contributed by atoms with Crippen LogP contribution in [-0.4, -0.2) is 64.1 Å². The Morgan fingerprint density at radius 2 is 2.24 bits per heavy atom. The molecule has 3 rings (SSSR count). The van der Waals surface area contributed by atoms with Crippen molar-refractivity contribution < 1.29 is 9.47 Å². The van der Waals surface area contributed by atoms with Crippen molar-refractivity contribution in [1.29, 1.82) is 0 Å². The first-order chi connectivity index (χ1) is 8.31. The molecule has 1 N–H and O–H groups in total. The van der Waals surface area contributed by atoms with Gasteiger partial charge in [0.15, 0.2) is 0 Å². The second-order valence-electron chi connectivity index (χ2n) is 5.89. The van der Waals surface area contributed by atoms with Crippen LogP contribution in [-0.2, 0) is 9.47 Å². The molecule has 3 aliphatic heterocycles. The number of hydrogen-bond acceptors (Lipinski definition) is 4. The van der Waals surface area contributed by atoms with Crippen molar-refractivity contribution in [2.45, 2.75) is 18.9 Å². The summed E-state index contributed by atoms with van der Waals surface area (Å²) in [4.78, 5) is 2.46. The van der Waals surface area contributed by atoms with E-state index in [9.17, 15) is 0 Å². The van der Waals surface area contributed by atoms with Gasteiger partial charge in [-0.3, -0.25) is 0 Å². The van der Waals surface area contributed by atoms with E-state index >= 15 is 0 Å². The fourth-order valence-electron chi connectivity index (χ4n) is 3.59. The Hall–Kier alpha value is -0.160. The first-order valence-electron chi connectivity index (χ1n) is 6.90. The topological polar surface area (TPSA) is 33.7 Å². The van der Waals surface area contributed by atoms with Gasteiger partial charge in [-0.1, -0.05) is 0 Å². The second kappa shape index (κ2) is 4.84. The van der Waals surface area contributed by atoms with E-state index in [1.54, 1.807) is 0 Å². The Balaban J connectivity index is 1.71. The van der Waals surface area contributed by atoms with Crippen LogP contribution in [0.2, 0.25) is 0 Å². The average Bonchev–Trinajstić information content (AvgIpc) is 2.29. The van der Waals surface area contributed by atoms with Crippen molar-refractivity contribution >= 4 is 0 Å². The lowest BCUT2D eigenvalue weighted by atomic mass is 9.66. The van der Waals surface area contributed by atoms with Crippen LogP contribution >= 0.6 is 0 Å². The van der Waals surface area contributed by atoms with Crippen LogP contribution in [0.25, 0.3) is 0 Å². The number of likely N-dealkylation sites (tertiary alicyclic amines) is 1. The maximum Gasteiger partial charge on any atom is 0.0803 e. The standard InChI is InChI=1S/C13H24N2O2/c1-15-5-2-3-11(8-15)13(9-16-10-13)12-7-14-4-6-17-12/h11-12,14H,2-10H2,1H3. The molecule has 2 atom stereocenters. The molecule has 0 aromatic rings. The van der Waals surface area contributed by atoms with Gasteiger partial charge < -0.3 is 19.7 Å². The summed E-state index contributed by atoms with van der Waals surface area (Å²) < 4.78 is 11.6. The van der Waals surface area contributed by atoms with Gasteiger partial charge in [0.2, 0.25) is 0 Å². The lowest BCUT2D eigenvalue weighted by molar-refractivity contribution is -0.225. The van der Waals surface area contributed by atoms with E-state index in [2.05, 4.69) is 17.3 Å². The van der Waals surface area contributed by atoms with Crippen molar-refractivity contribution in [2.75, 3.05) is 53.0 Å². The molecule has 17 heavy (non-hydrogen) atoms. The molecule has 0 aliphatic carbocycles. The molecule has 98 valence electrons. The van der Waals surface area contributed by atoms with Crippen LogP contribution in [0.3, 0.4) is 0 Å². The fraction of sp³-hybridized carbons (Fsp3) is 1.00. The molecule has 0 bridgehead atoms. The molecular weight excluding hydrogens is 216 g/mol. The minimum Gasteiger partial charge on any atom is -0.380 e. The quantitative estimate of drug-likeness (QED) is 0.754. The second-order valence-corrected chi connectivity index (χ2v) is 5.89. The average molecular weight is 240 g/mol. The molecule has 0 aromatic carbocycles. The maximum absolute atomic E-state index is 6.01. The van der Waals surface area contributed by atoms with E-state index < -0.39 is 0 Å². The van der Waals surface area contributed by atoms with Gasteiger partial charge >= 0.3 is 0 Å². The minimum absolute atomic E-state index is 0.294. The summed E-state index contributed by atoms with van der Waals surface area (Å²) in [6, 6.07) is 0. The largest absolute Gasteiger partial charge is 0.380 e. The Morgan fingerprint density at radius 3 is 2.82 bits per heavy atom. The molecule has 3 fully saturated rings. The Labute approximate surface area is 104 Å². The van der Waals surface area contributed by atoms with E-state index in [1.165, 1.54) is 25.9 Å². The molecule has 0 amide bonds. The van der Waals surface area contributed by atoms with Crippen molar-refractivity contribution in [3.8, 4) is 0 Å². The van der Waals surface area contributed by atoms with Gasteiger partial charge in [0.25, 0.3) is 0 Å². The van der Waals surface area contributed by atoms with Crippen molar-refractivity contribution in [1.82, 2.24) is 10.2 Å². The van der Waals surface area contributed by atoms with E-state index in [0.717, 1.165) is 38.8 Å². The summed E-state index contributed by atoms with van der Waals surface area (Å²) in [6.45, 7) is 7.12. The van der Waals surface area contributed by atoms with Gasteiger partial charge in [-0.15, -0.1) is 0 Å². The van der Waals surface area contributed by atoms with Crippen LogP contribution < -0.4 is 5.32 Å². The van der Waals surface area contributed by atoms with Gasteiger partial charge in [-0.05, 0) is 32.4 Å². The zero-order chi connectivity index (χ0) is 11.7. The molecular formula is C13H24N2O2. The molecule has 0 aromatic heterocycles. The van der Waals surface area contributed by atoms with E-state index in [0.29, 0.717) is 11.5 Å². The van der Waals surface area contributed by atoms with Crippen LogP contribution in [0, 0.1) is 11.3 Å². The maximum atomic E-state index is 6.01. The van der Waals surface area contributed by atoms with Crippen LogP contribution in [0.5, 0.6) is 0 Å². The molecule has 0 spiro atoms. The molecule has 3 heterocycles. The monoisotopic (exact) mass is 240 g/mol. The lowest BCUT2D eigenvalue weighted by Gasteiger charge is -2.54. The summed E-state index contributed by atoms with van der Waals surface area (Å²) in [5.41, 5.74) is 0.294. The Bertz CT molecular complexity index is 262. The van der Waals surface area contributed by atoms with E-state index in [-0.39, 0.29) is 0 Å². The number of ether oxygens (including phenoxy) is 2. The number of rotatable bonds is 2. The predicted octanol–water partition coefficient (Wildman–Crippen LogP) is 0.333. The van der Waals surface area contributed by atoms with Crippen molar-refractivity contribution in [2.24, 2.45) is 11.3 Å². The molecule has 3 aliphatic rings. The van der Waals surface area contributed by atoms with Gasteiger partial charge in [0.1, 0.15) is 0 Å². The number of nitrogens with one attached hydrogen (secondary N) is 1. The van der Waals surface area contributed by atoms with Gasteiger partial charge in [-0.2, -0.15) is 0 Å². The smallest absolute Gasteiger partial charge is 0.0803 e. The van der Waals surface area contributed by atoms with Crippen LogP contribution in [0.15, 0.2) is 0 Å². The first kappa shape index (κ1) is 11.9. The summed E-state index contributed by atoms with van der Waals surface area (Å²) >= 11 is 0. The highest BCUT2D eigenvalue weighted by molar-refractivity contribution is 5.01. The third kappa shape index (κ3) is 2.12. The minimum atomic E-state index is 0.294. The van der Waals surface area contributed by atoms with Crippen molar-refractivity contribution in [3.05, 3.63) is 0 Å². The zero-order valence-electron chi connectivity index (χ0n) is 10.8. The van der Waals surface area contributed by atoms with Crippen LogP contribution in [0.1, 0.15) is 12.8 Å². The van der Waals surface area contributed by atoms with Crippen LogP contribution in [0.4, 0.5) is 0 Å². The van der Waals surface area contributed by atoms with Gasteiger partial charge in [-0.25, -0.2) is 0 Å². The molecule has 0 radical (unpaired) electrons. The molecule has 4 heteroatoms. The SMILES string of the molecule is CN1CCCC(C2(C3CNCCO3)COC2)C1. The number of hydrogen-bond donors (Lipinski definition) is 1.